The van der Waals surface area contributed by atoms with Crippen molar-refractivity contribution in [2.45, 2.75) is 25.0 Å². The van der Waals surface area contributed by atoms with Crippen molar-refractivity contribution in [1.29, 1.82) is 0 Å². The summed E-state index contributed by atoms with van der Waals surface area (Å²) in [5.41, 5.74) is 2.89. The average Bonchev–Trinajstić information content (AvgIpc) is 2.67. The van der Waals surface area contributed by atoms with Crippen molar-refractivity contribution in [3.63, 3.8) is 0 Å². The molecule has 1 saturated heterocycles. The quantitative estimate of drug-likeness (QED) is 0.668. The Morgan fingerprint density at radius 3 is 2.88 bits per heavy atom. The molecule has 25 heavy (non-hydrogen) atoms. The Bertz CT molecular complexity index is 808. The van der Waals surface area contributed by atoms with Gasteiger partial charge in [-0.1, -0.05) is 18.2 Å². The molecule has 0 spiro atoms. The second kappa shape index (κ2) is 6.37. The highest BCUT2D eigenvalue weighted by atomic mass is 16.6. The van der Waals surface area contributed by atoms with Gasteiger partial charge in [0.2, 0.25) is 0 Å². The molecule has 0 saturated carbocycles. The van der Waals surface area contributed by atoms with Crippen LogP contribution >= 0.6 is 0 Å². The molecular formula is C19H20N2O4. The lowest BCUT2D eigenvalue weighted by atomic mass is 9.77. The number of anilines is 1. The summed E-state index contributed by atoms with van der Waals surface area (Å²) in [6.45, 7) is 0.710. The van der Waals surface area contributed by atoms with E-state index in [0.29, 0.717) is 6.61 Å². The molecule has 2 aromatic carbocycles. The van der Waals surface area contributed by atoms with Gasteiger partial charge in [-0.2, -0.15) is 0 Å². The number of hydrogen-bond donors (Lipinski definition) is 1. The standard InChI is InChI=1S/C19H20N2O4/c1-24-12-8-9-16-15(11-12)19-14(6-4-10-25-19)18(20-16)13-5-2-3-7-17(13)21(22)23/h2-3,5,7-9,11,14,18-20H,4,6,10H2,1H3. The van der Waals surface area contributed by atoms with Crippen LogP contribution in [-0.2, 0) is 4.74 Å². The monoisotopic (exact) mass is 340 g/mol. The van der Waals surface area contributed by atoms with Gasteiger partial charge in [-0.3, -0.25) is 10.1 Å². The van der Waals surface area contributed by atoms with Gasteiger partial charge in [0.25, 0.3) is 5.69 Å². The van der Waals surface area contributed by atoms with Crippen LogP contribution in [0.4, 0.5) is 11.4 Å². The van der Waals surface area contributed by atoms with E-state index in [1.165, 1.54) is 0 Å². The molecule has 3 atom stereocenters. The first-order valence-electron chi connectivity index (χ1n) is 8.48. The Kier molecular flexibility index (Phi) is 4.05. The molecular weight excluding hydrogens is 320 g/mol. The highest BCUT2D eigenvalue weighted by molar-refractivity contribution is 5.61. The number of rotatable bonds is 3. The smallest absolute Gasteiger partial charge is 0.274 e. The Labute approximate surface area is 145 Å². The molecule has 130 valence electrons. The molecule has 0 aliphatic carbocycles. The third kappa shape index (κ3) is 2.72. The molecule has 3 unspecified atom stereocenters. The lowest BCUT2D eigenvalue weighted by molar-refractivity contribution is -0.385. The van der Waals surface area contributed by atoms with E-state index in [1.54, 1.807) is 19.2 Å². The van der Waals surface area contributed by atoms with Gasteiger partial charge in [-0.15, -0.1) is 0 Å². The Morgan fingerprint density at radius 1 is 1.24 bits per heavy atom. The maximum absolute atomic E-state index is 11.5. The molecule has 0 aromatic heterocycles. The van der Waals surface area contributed by atoms with Crippen LogP contribution in [0.25, 0.3) is 0 Å². The van der Waals surface area contributed by atoms with Crippen molar-refractivity contribution in [2.24, 2.45) is 5.92 Å². The van der Waals surface area contributed by atoms with Crippen molar-refractivity contribution in [3.05, 3.63) is 63.7 Å². The molecule has 2 aliphatic rings. The van der Waals surface area contributed by atoms with E-state index in [2.05, 4.69) is 5.32 Å². The van der Waals surface area contributed by atoms with Crippen LogP contribution in [0.1, 0.15) is 36.1 Å². The minimum Gasteiger partial charge on any atom is -0.497 e. The second-order valence-electron chi connectivity index (χ2n) is 6.49. The molecule has 1 fully saturated rings. The Balaban J connectivity index is 1.81. The average molecular weight is 340 g/mol. The Hall–Kier alpha value is -2.60. The van der Waals surface area contributed by atoms with Gasteiger partial charge < -0.3 is 14.8 Å². The molecule has 2 heterocycles. The van der Waals surface area contributed by atoms with Crippen molar-refractivity contribution in [1.82, 2.24) is 0 Å². The summed E-state index contributed by atoms with van der Waals surface area (Å²) in [7, 11) is 1.65. The van der Waals surface area contributed by atoms with Gasteiger partial charge in [0.15, 0.2) is 0 Å². The molecule has 0 bridgehead atoms. The highest BCUT2D eigenvalue weighted by Gasteiger charge is 2.41. The zero-order valence-corrected chi connectivity index (χ0v) is 14.0. The number of nitro groups is 1. The molecule has 6 heteroatoms. The van der Waals surface area contributed by atoms with Crippen molar-refractivity contribution in [3.8, 4) is 5.75 Å². The summed E-state index contributed by atoms with van der Waals surface area (Å²) in [6, 6.07) is 12.7. The zero-order valence-electron chi connectivity index (χ0n) is 14.0. The van der Waals surface area contributed by atoms with E-state index in [4.69, 9.17) is 9.47 Å². The van der Waals surface area contributed by atoms with Crippen molar-refractivity contribution in [2.75, 3.05) is 19.0 Å². The molecule has 4 rings (SSSR count). The summed E-state index contributed by atoms with van der Waals surface area (Å²) in [5.74, 6) is 0.937. The zero-order chi connectivity index (χ0) is 17.4. The number of nitro benzene ring substituents is 1. The fourth-order valence-electron chi connectivity index (χ4n) is 4.00. The first-order chi connectivity index (χ1) is 12.2. The largest absolute Gasteiger partial charge is 0.497 e. The lowest BCUT2D eigenvalue weighted by Gasteiger charge is -2.43. The lowest BCUT2D eigenvalue weighted by Crippen LogP contribution is -2.36. The molecule has 2 aliphatic heterocycles. The third-order valence-electron chi connectivity index (χ3n) is 5.14. The fraction of sp³-hybridized carbons (Fsp3) is 0.368. The number of nitrogens with zero attached hydrogens (tertiary/aromatic N) is 1. The van der Waals surface area contributed by atoms with Crippen LogP contribution < -0.4 is 10.1 Å². The van der Waals surface area contributed by atoms with E-state index >= 15 is 0 Å². The third-order valence-corrected chi connectivity index (χ3v) is 5.14. The van der Waals surface area contributed by atoms with Crippen LogP contribution in [0.3, 0.4) is 0 Å². The van der Waals surface area contributed by atoms with Crippen LogP contribution in [-0.4, -0.2) is 18.6 Å². The first-order valence-corrected chi connectivity index (χ1v) is 8.48. The van der Waals surface area contributed by atoms with Crippen molar-refractivity contribution >= 4 is 11.4 Å². The van der Waals surface area contributed by atoms with Crippen molar-refractivity contribution < 1.29 is 14.4 Å². The van der Waals surface area contributed by atoms with Gasteiger partial charge in [-0.25, -0.2) is 0 Å². The number of benzene rings is 2. The van der Waals surface area contributed by atoms with Gasteiger partial charge >= 0.3 is 0 Å². The van der Waals surface area contributed by atoms with Gasteiger partial charge in [-0.05, 0) is 31.0 Å². The summed E-state index contributed by atoms with van der Waals surface area (Å²) in [6.07, 6.45) is 1.84. The topological polar surface area (TPSA) is 73.6 Å². The number of hydrogen-bond acceptors (Lipinski definition) is 5. The predicted octanol–water partition coefficient (Wildman–Crippen LogP) is 4.24. The van der Waals surface area contributed by atoms with Crippen LogP contribution in [0, 0.1) is 16.0 Å². The van der Waals surface area contributed by atoms with Gasteiger partial charge in [0, 0.05) is 29.8 Å². The molecule has 2 aromatic rings. The van der Waals surface area contributed by atoms with E-state index < -0.39 is 0 Å². The molecule has 6 nitrogen and oxygen atoms in total. The normalized spacial score (nSPS) is 24.6. The number of fused-ring (bicyclic) bond motifs is 3. The summed E-state index contributed by atoms with van der Waals surface area (Å²) in [5, 5.41) is 15.0. The van der Waals surface area contributed by atoms with E-state index in [9.17, 15) is 10.1 Å². The number of ether oxygens (including phenoxy) is 2. The van der Waals surface area contributed by atoms with E-state index in [1.807, 2.05) is 30.3 Å². The van der Waals surface area contributed by atoms with Gasteiger partial charge in [0.1, 0.15) is 5.75 Å². The van der Waals surface area contributed by atoms with E-state index in [0.717, 1.165) is 35.4 Å². The summed E-state index contributed by atoms with van der Waals surface area (Å²) < 4.78 is 11.4. The summed E-state index contributed by atoms with van der Waals surface area (Å²) in [4.78, 5) is 11.2. The van der Waals surface area contributed by atoms with Gasteiger partial charge in [0.05, 0.1) is 29.7 Å². The number of nitrogens with one attached hydrogen (secondary N) is 1. The fourth-order valence-corrected chi connectivity index (χ4v) is 4.00. The predicted molar refractivity (Wildman–Crippen MR) is 93.9 cm³/mol. The van der Waals surface area contributed by atoms with Crippen LogP contribution in [0.2, 0.25) is 0 Å². The minimum atomic E-state index is -0.306. The van der Waals surface area contributed by atoms with E-state index in [-0.39, 0.29) is 28.7 Å². The minimum absolute atomic E-state index is 0.0788. The van der Waals surface area contributed by atoms with Crippen LogP contribution in [0.5, 0.6) is 5.75 Å². The molecule has 0 radical (unpaired) electrons. The Morgan fingerprint density at radius 2 is 2.08 bits per heavy atom. The maximum Gasteiger partial charge on any atom is 0.274 e. The number of methoxy groups -OCH3 is 1. The first kappa shape index (κ1) is 15.9. The van der Waals surface area contributed by atoms with Crippen LogP contribution in [0.15, 0.2) is 42.5 Å². The molecule has 0 amide bonds. The molecule has 1 N–H and O–H groups in total. The number of para-hydroxylation sites is 1. The second-order valence-corrected chi connectivity index (χ2v) is 6.49. The maximum atomic E-state index is 11.5. The SMILES string of the molecule is COc1ccc2c(c1)C1OCCCC1C(c1ccccc1[N+](=O)[O-])N2. The highest BCUT2D eigenvalue weighted by Crippen LogP contribution is 2.50. The summed E-state index contributed by atoms with van der Waals surface area (Å²) >= 11 is 0.